The van der Waals surface area contributed by atoms with E-state index in [9.17, 15) is 0 Å². The Bertz CT molecular complexity index is 46.9. The highest BCUT2D eigenvalue weighted by Crippen LogP contribution is 1.53. The lowest BCUT2D eigenvalue weighted by molar-refractivity contribution is 1.21. The highest BCUT2D eigenvalue weighted by molar-refractivity contribution is 5.49. The second-order valence-electron chi connectivity index (χ2n) is 0.445. The molecular weight excluding hydrogens is 66.0 g/mol. The SMILES string of the molecule is C/N=N\C=N. The minimum Gasteiger partial charge on any atom is -0.288 e. The van der Waals surface area contributed by atoms with Crippen LogP contribution in [0.4, 0.5) is 0 Å². The van der Waals surface area contributed by atoms with E-state index in [1.165, 1.54) is 7.05 Å². The molecule has 1 N–H and O–H groups in total. The molecule has 0 aliphatic heterocycles. The number of azo groups is 1. The Kier molecular flexibility index (Phi) is 2.79. The van der Waals surface area contributed by atoms with Crippen molar-refractivity contribution in [1.82, 2.24) is 0 Å². The highest BCUT2D eigenvalue weighted by Gasteiger charge is 1.42. The van der Waals surface area contributed by atoms with Gasteiger partial charge in [0.15, 0.2) is 0 Å². The normalized spacial score (nSPS) is 9.00. The van der Waals surface area contributed by atoms with Crippen LogP contribution in [0.1, 0.15) is 0 Å². The molecule has 0 radical (unpaired) electrons. The molecule has 5 heavy (non-hydrogen) atoms. The molecule has 0 bridgehead atoms. The molecule has 0 unspecified atom stereocenters. The number of hydrogen-bond acceptors (Lipinski definition) is 2. The molecule has 3 nitrogen and oxygen atoms in total. The summed E-state index contributed by atoms with van der Waals surface area (Å²) in [6.07, 6.45) is 0.889. The van der Waals surface area contributed by atoms with Gasteiger partial charge in [0.1, 0.15) is 6.34 Å². The van der Waals surface area contributed by atoms with Gasteiger partial charge in [-0.3, -0.25) is 5.41 Å². The molecular formula is C2H5N3. The van der Waals surface area contributed by atoms with Crippen molar-refractivity contribution < 1.29 is 0 Å². The summed E-state index contributed by atoms with van der Waals surface area (Å²) >= 11 is 0. The average Bonchev–Trinajstić information content (AvgIpc) is 1.41. The van der Waals surface area contributed by atoms with Crippen LogP contribution < -0.4 is 0 Å². The van der Waals surface area contributed by atoms with Crippen molar-refractivity contribution in [3.8, 4) is 0 Å². The summed E-state index contributed by atoms with van der Waals surface area (Å²) in [5, 5.41) is 12.6. The van der Waals surface area contributed by atoms with Gasteiger partial charge in [-0.1, -0.05) is 0 Å². The largest absolute Gasteiger partial charge is 0.288 e. The van der Waals surface area contributed by atoms with Gasteiger partial charge >= 0.3 is 0 Å². The van der Waals surface area contributed by atoms with Gasteiger partial charge in [0, 0.05) is 7.05 Å². The van der Waals surface area contributed by atoms with Gasteiger partial charge in [0.05, 0.1) is 0 Å². The Morgan fingerprint density at radius 2 is 2.40 bits per heavy atom. The minimum absolute atomic E-state index is 0.889. The second-order valence-corrected chi connectivity index (χ2v) is 0.445. The summed E-state index contributed by atoms with van der Waals surface area (Å²) < 4.78 is 0. The fraction of sp³-hybridized carbons (Fsp3) is 0.500. The molecule has 0 rings (SSSR count). The first-order chi connectivity index (χ1) is 2.41. The van der Waals surface area contributed by atoms with E-state index < -0.39 is 0 Å². The van der Waals surface area contributed by atoms with Crippen molar-refractivity contribution in [3.63, 3.8) is 0 Å². The zero-order chi connectivity index (χ0) is 4.12. The average molecular weight is 71.1 g/mol. The first-order valence-corrected chi connectivity index (χ1v) is 1.19. The predicted molar refractivity (Wildman–Crippen MR) is 19.6 cm³/mol. The van der Waals surface area contributed by atoms with Crippen molar-refractivity contribution in [2.75, 3.05) is 7.05 Å². The van der Waals surface area contributed by atoms with Gasteiger partial charge in [-0.05, 0) is 0 Å². The Morgan fingerprint density at radius 3 is 2.40 bits per heavy atom. The molecule has 0 aliphatic rings. The number of hydrogen-bond donors (Lipinski definition) is 1. The maximum absolute atomic E-state index is 6.22. The lowest BCUT2D eigenvalue weighted by Crippen LogP contribution is -1.49. The summed E-state index contributed by atoms with van der Waals surface area (Å²) in [4.78, 5) is 0. The molecule has 3 heteroatoms. The summed E-state index contributed by atoms with van der Waals surface area (Å²) in [7, 11) is 1.52. The molecule has 0 atom stereocenters. The van der Waals surface area contributed by atoms with E-state index >= 15 is 0 Å². The number of rotatable bonds is 1. The van der Waals surface area contributed by atoms with Gasteiger partial charge in [-0.15, -0.1) is 5.11 Å². The second kappa shape index (κ2) is 3.27. The van der Waals surface area contributed by atoms with E-state index in [-0.39, 0.29) is 0 Å². The molecule has 0 aromatic carbocycles. The molecule has 0 aromatic rings. The fourth-order valence-electron chi connectivity index (χ4n) is 0.0577. The first-order valence-electron chi connectivity index (χ1n) is 1.19. The van der Waals surface area contributed by atoms with Crippen molar-refractivity contribution >= 4 is 6.34 Å². The zero-order valence-corrected chi connectivity index (χ0v) is 2.97. The molecule has 0 heterocycles. The Labute approximate surface area is 30.2 Å². The third-order valence-corrected chi connectivity index (χ3v) is 0.173. The third kappa shape index (κ3) is 3.27. The Morgan fingerprint density at radius 1 is 1.80 bits per heavy atom. The van der Waals surface area contributed by atoms with Crippen molar-refractivity contribution in [3.05, 3.63) is 0 Å². The van der Waals surface area contributed by atoms with Crippen LogP contribution in [0.5, 0.6) is 0 Å². The minimum atomic E-state index is 0.889. The monoisotopic (exact) mass is 71.0 g/mol. The summed E-state index contributed by atoms with van der Waals surface area (Å²) in [6, 6.07) is 0. The Balaban J connectivity index is 2.92. The van der Waals surface area contributed by atoms with Crippen LogP contribution in [-0.4, -0.2) is 13.4 Å². The van der Waals surface area contributed by atoms with Crippen LogP contribution in [0.15, 0.2) is 10.2 Å². The van der Waals surface area contributed by atoms with Crippen molar-refractivity contribution in [2.45, 2.75) is 0 Å². The van der Waals surface area contributed by atoms with Crippen LogP contribution in [-0.2, 0) is 0 Å². The molecule has 0 saturated heterocycles. The van der Waals surface area contributed by atoms with Gasteiger partial charge in [0.25, 0.3) is 0 Å². The molecule has 0 fully saturated rings. The fourth-order valence-corrected chi connectivity index (χ4v) is 0.0577. The number of nitrogens with one attached hydrogen (secondary N) is 1. The molecule has 0 aromatic heterocycles. The standard InChI is InChI=1S/C2H5N3/c1-4-5-2-3/h2-3H,1H3/b3-2?,5-4-. The molecule has 0 amide bonds. The molecule has 0 aliphatic carbocycles. The van der Waals surface area contributed by atoms with Gasteiger partial charge in [-0.25, -0.2) is 0 Å². The molecule has 0 saturated carbocycles. The molecule has 0 spiro atoms. The third-order valence-electron chi connectivity index (χ3n) is 0.173. The molecule has 28 valence electrons. The quantitative estimate of drug-likeness (QED) is 0.268. The van der Waals surface area contributed by atoms with E-state index in [2.05, 4.69) is 10.2 Å². The summed E-state index contributed by atoms with van der Waals surface area (Å²) in [6.45, 7) is 0. The summed E-state index contributed by atoms with van der Waals surface area (Å²) in [5.74, 6) is 0. The highest BCUT2D eigenvalue weighted by atomic mass is 15.1. The van der Waals surface area contributed by atoms with Gasteiger partial charge in [-0.2, -0.15) is 5.11 Å². The van der Waals surface area contributed by atoms with E-state index in [1.54, 1.807) is 0 Å². The van der Waals surface area contributed by atoms with Gasteiger partial charge < -0.3 is 0 Å². The van der Waals surface area contributed by atoms with Crippen molar-refractivity contribution in [2.24, 2.45) is 10.2 Å². The van der Waals surface area contributed by atoms with Crippen LogP contribution >= 0.6 is 0 Å². The maximum atomic E-state index is 6.22. The van der Waals surface area contributed by atoms with Crippen LogP contribution in [0.2, 0.25) is 0 Å². The smallest absolute Gasteiger partial charge is 0.129 e. The van der Waals surface area contributed by atoms with Crippen LogP contribution in [0.25, 0.3) is 0 Å². The van der Waals surface area contributed by atoms with Crippen molar-refractivity contribution in [1.29, 1.82) is 5.41 Å². The van der Waals surface area contributed by atoms with E-state index in [0.717, 1.165) is 6.34 Å². The predicted octanol–water partition coefficient (Wildman–Crippen LogP) is 0.675. The van der Waals surface area contributed by atoms with Crippen LogP contribution in [0, 0.1) is 5.41 Å². The van der Waals surface area contributed by atoms with E-state index in [4.69, 9.17) is 5.41 Å². The summed E-state index contributed by atoms with van der Waals surface area (Å²) in [5.41, 5.74) is 0. The first kappa shape index (κ1) is 4.27. The topological polar surface area (TPSA) is 48.6 Å². The zero-order valence-electron chi connectivity index (χ0n) is 2.97. The van der Waals surface area contributed by atoms with Gasteiger partial charge in [0.2, 0.25) is 0 Å². The van der Waals surface area contributed by atoms with E-state index in [0.29, 0.717) is 0 Å². The lowest BCUT2D eigenvalue weighted by Gasteiger charge is -1.57. The van der Waals surface area contributed by atoms with E-state index in [1.807, 2.05) is 0 Å². The van der Waals surface area contributed by atoms with Crippen LogP contribution in [0.3, 0.4) is 0 Å². The Hall–Kier alpha value is -0.730. The maximum Gasteiger partial charge on any atom is 0.129 e. The lowest BCUT2D eigenvalue weighted by atomic mass is 11.4. The number of nitrogens with zero attached hydrogens (tertiary/aromatic N) is 2.